The number of amides is 1. The molecule has 0 radical (unpaired) electrons. The first-order valence-electron chi connectivity index (χ1n) is 7.28. The molecule has 1 saturated carbocycles. The molecule has 1 aliphatic carbocycles. The molecule has 1 N–H and O–H groups in total. The lowest BCUT2D eigenvalue weighted by Crippen LogP contribution is -2.28. The van der Waals surface area contributed by atoms with E-state index in [0.717, 1.165) is 24.0 Å². The van der Waals surface area contributed by atoms with Crippen molar-refractivity contribution in [2.24, 2.45) is 0 Å². The van der Waals surface area contributed by atoms with Crippen LogP contribution in [0.4, 0.5) is 5.69 Å². The third-order valence-electron chi connectivity index (χ3n) is 4.24. The zero-order valence-electron chi connectivity index (χ0n) is 12.7. The average molecular weight is 316 g/mol. The van der Waals surface area contributed by atoms with Gasteiger partial charge in [-0.2, -0.15) is 0 Å². The molecular formula is C18H18ClNO2. The summed E-state index contributed by atoms with van der Waals surface area (Å²) < 4.78 is 5.32. The minimum atomic E-state index is -0.403. The summed E-state index contributed by atoms with van der Waals surface area (Å²) in [5, 5.41) is 3.63. The first-order valence-corrected chi connectivity index (χ1v) is 7.66. The zero-order valence-corrected chi connectivity index (χ0v) is 13.4. The Hall–Kier alpha value is -2.00. The third kappa shape index (κ3) is 2.57. The predicted octanol–water partition coefficient (Wildman–Crippen LogP) is 4.33. The van der Waals surface area contributed by atoms with Gasteiger partial charge in [0, 0.05) is 11.1 Å². The topological polar surface area (TPSA) is 38.3 Å². The maximum absolute atomic E-state index is 12.8. The molecule has 1 aliphatic rings. The Morgan fingerprint density at radius 3 is 2.50 bits per heavy atom. The Morgan fingerprint density at radius 1 is 1.23 bits per heavy atom. The molecule has 3 nitrogen and oxygen atoms in total. The summed E-state index contributed by atoms with van der Waals surface area (Å²) >= 11 is 6.11. The minimum absolute atomic E-state index is 0.0127. The highest BCUT2D eigenvalue weighted by Crippen LogP contribution is 2.49. The van der Waals surface area contributed by atoms with Gasteiger partial charge in [-0.15, -0.1) is 0 Å². The lowest BCUT2D eigenvalue weighted by atomic mass is 9.95. The van der Waals surface area contributed by atoms with Gasteiger partial charge in [0.15, 0.2) is 0 Å². The molecule has 0 unspecified atom stereocenters. The van der Waals surface area contributed by atoms with Crippen LogP contribution >= 0.6 is 11.6 Å². The highest BCUT2D eigenvalue weighted by Gasteiger charge is 2.51. The molecule has 22 heavy (non-hydrogen) atoms. The highest BCUT2D eigenvalue weighted by molar-refractivity contribution is 6.31. The van der Waals surface area contributed by atoms with Gasteiger partial charge in [-0.3, -0.25) is 4.79 Å². The van der Waals surface area contributed by atoms with E-state index in [-0.39, 0.29) is 5.91 Å². The highest BCUT2D eigenvalue weighted by atomic mass is 35.5. The van der Waals surface area contributed by atoms with E-state index in [1.54, 1.807) is 13.2 Å². The number of carbonyl (C=O) groups excluding carboxylic acids is 1. The van der Waals surface area contributed by atoms with Crippen LogP contribution in [0.1, 0.15) is 24.0 Å². The maximum Gasteiger partial charge on any atom is 0.235 e. The molecule has 2 aromatic rings. The smallest absolute Gasteiger partial charge is 0.235 e. The molecule has 0 heterocycles. The third-order valence-corrected chi connectivity index (χ3v) is 4.65. The number of nitrogens with one attached hydrogen (secondary N) is 1. The molecule has 1 fully saturated rings. The van der Waals surface area contributed by atoms with Gasteiger partial charge in [-0.1, -0.05) is 41.9 Å². The first kappa shape index (κ1) is 14.9. The van der Waals surface area contributed by atoms with Crippen molar-refractivity contribution >= 4 is 23.2 Å². The number of methoxy groups -OCH3 is 1. The van der Waals surface area contributed by atoms with Gasteiger partial charge >= 0.3 is 0 Å². The second-order valence-electron chi connectivity index (χ2n) is 5.70. The number of aryl methyl sites for hydroxylation is 1. The summed E-state index contributed by atoms with van der Waals surface area (Å²) in [6, 6.07) is 13.5. The standard InChI is InChI=1S/C18H18ClNO2/c1-12-10-15(16(22-2)11-14(12)19)20-17(21)18(8-9-18)13-6-4-3-5-7-13/h3-7,10-11H,8-9H2,1-2H3,(H,20,21). The van der Waals surface area contributed by atoms with E-state index in [9.17, 15) is 4.79 Å². The number of hydrogen-bond acceptors (Lipinski definition) is 2. The summed E-state index contributed by atoms with van der Waals surface area (Å²) in [6.07, 6.45) is 1.75. The molecule has 3 rings (SSSR count). The van der Waals surface area contributed by atoms with Gasteiger partial charge in [-0.05, 0) is 37.0 Å². The van der Waals surface area contributed by atoms with Crippen LogP contribution in [0.3, 0.4) is 0 Å². The van der Waals surface area contributed by atoms with Gasteiger partial charge in [0.1, 0.15) is 5.75 Å². The summed E-state index contributed by atoms with van der Waals surface area (Å²) in [4.78, 5) is 12.8. The fourth-order valence-electron chi connectivity index (χ4n) is 2.70. The lowest BCUT2D eigenvalue weighted by molar-refractivity contribution is -0.118. The Bertz CT molecular complexity index is 709. The Kier molecular flexibility index (Phi) is 3.83. The quantitative estimate of drug-likeness (QED) is 0.912. The Labute approximate surface area is 135 Å². The van der Waals surface area contributed by atoms with Crippen LogP contribution in [0.15, 0.2) is 42.5 Å². The first-order chi connectivity index (χ1) is 10.6. The van der Waals surface area contributed by atoms with Crippen LogP contribution in [0.2, 0.25) is 5.02 Å². The second-order valence-corrected chi connectivity index (χ2v) is 6.11. The van der Waals surface area contributed by atoms with E-state index in [1.807, 2.05) is 43.3 Å². The van der Waals surface area contributed by atoms with Crippen LogP contribution in [-0.4, -0.2) is 13.0 Å². The van der Waals surface area contributed by atoms with E-state index in [1.165, 1.54) is 0 Å². The zero-order chi connectivity index (χ0) is 15.7. The summed E-state index contributed by atoms with van der Waals surface area (Å²) in [7, 11) is 1.57. The van der Waals surface area contributed by atoms with Crippen molar-refractivity contribution in [2.75, 3.05) is 12.4 Å². The number of halogens is 1. The fourth-order valence-corrected chi connectivity index (χ4v) is 2.85. The van der Waals surface area contributed by atoms with Crippen LogP contribution in [0.25, 0.3) is 0 Å². The normalized spacial score (nSPS) is 15.2. The summed E-state index contributed by atoms with van der Waals surface area (Å²) in [5.74, 6) is 0.589. The molecular weight excluding hydrogens is 298 g/mol. The van der Waals surface area contributed by atoms with Gasteiger partial charge < -0.3 is 10.1 Å². The number of ether oxygens (including phenoxy) is 1. The fraction of sp³-hybridized carbons (Fsp3) is 0.278. The average Bonchev–Trinajstić information content (AvgIpc) is 3.33. The number of rotatable bonds is 4. The molecule has 114 valence electrons. The number of benzene rings is 2. The van der Waals surface area contributed by atoms with Crippen LogP contribution < -0.4 is 10.1 Å². The van der Waals surface area contributed by atoms with Gasteiger partial charge in [0.05, 0.1) is 18.2 Å². The van der Waals surface area contributed by atoms with Gasteiger partial charge in [0.2, 0.25) is 5.91 Å². The molecule has 0 saturated heterocycles. The van der Waals surface area contributed by atoms with Crippen molar-refractivity contribution in [1.82, 2.24) is 0 Å². The van der Waals surface area contributed by atoms with Gasteiger partial charge in [-0.25, -0.2) is 0 Å². The van der Waals surface area contributed by atoms with E-state index in [2.05, 4.69) is 5.32 Å². The molecule has 0 spiro atoms. The number of anilines is 1. The van der Waals surface area contributed by atoms with E-state index < -0.39 is 5.41 Å². The van der Waals surface area contributed by atoms with Gasteiger partial charge in [0.25, 0.3) is 0 Å². The SMILES string of the molecule is COc1cc(Cl)c(C)cc1NC(=O)C1(c2ccccc2)CC1. The van der Waals surface area contributed by atoms with E-state index in [4.69, 9.17) is 16.3 Å². The van der Waals surface area contributed by atoms with Crippen molar-refractivity contribution in [1.29, 1.82) is 0 Å². The van der Waals surface area contributed by atoms with Crippen LogP contribution in [-0.2, 0) is 10.2 Å². The Morgan fingerprint density at radius 2 is 1.91 bits per heavy atom. The maximum atomic E-state index is 12.8. The molecule has 0 bridgehead atoms. The van der Waals surface area contributed by atoms with Crippen LogP contribution in [0.5, 0.6) is 5.75 Å². The number of hydrogen-bond donors (Lipinski definition) is 1. The van der Waals surface area contributed by atoms with Crippen molar-refractivity contribution < 1.29 is 9.53 Å². The molecule has 4 heteroatoms. The summed E-state index contributed by atoms with van der Waals surface area (Å²) in [5.41, 5.74) is 2.23. The minimum Gasteiger partial charge on any atom is -0.495 e. The number of carbonyl (C=O) groups is 1. The molecule has 0 atom stereocenters. The lowest BCUT2D eigenvalue weighted by Gasteiger charge is -2.18. The monoisotopic (exact) mass is 315 g/mol. The molecule has 1 amide bonds. The van der Waals surface area contributed by atoms with Crippen molar-refractivity contribution in [3.63, 3.8) is 0 Å². The van der Waals surface area contributed by atoms with Crippen LogP contribution in [0, 0.1) is 6.92 Å². The van der Waals surface area contributed by atoms with Crippen molar-refractivity contribution in [2.45, 2.75) is 25.2 Å². The second kappa shape index (κ2) is 5.65. The molecule has 0 aromatic heterocycles. The predicted molar refractivity (Wildman–Crippen MR) is 88.7 cm³/mol. The van der Waals surface area contributed by atoms with Crippen molar-refractivity contribution in [3.8, 4) is 5.75 Å². The van der Waals surface area contributed by atoms with E-state index >= 15 is 0 Å². The van der Waals surface area contributed by atoms with E-state index in [0.29, 0.717) is 16.5 Å². The molecule has 0 aliphatic heterocycles. The molecule has 2 aromatic carbocycles. The van der Waals surface area contributed by atoms with Crippen molar-refractivity contribution in [3.05, 3.63) is 58.6 Å². The largest absolute Gasteiger partial charge is 0.495 e. The summed E-state index contributed by atoms with van der Waals surface area (Å²) in [6.45, 7) is 1.90. The Balaban J connectivity index is 1.88.